The number of rotatable bonds is 5. The third-order valence-electron chi connectivity index (χ3n) is 2.99. The number of carbonyl (C=O) groups excluding carboxylic acids is 1. The minimum Gasteiger partial charge on any atom is -0.355 e. The summed E-state index contributed by atoms with van der Waals surface area (Å²) in [6, 6.07) is 0.548. The van der Waals surface area contributed by atoms with E-state index in [4.69, 9.17) is 0 Å². The van der Waals surface area contributed by atoms with Crippen molar-refractivity contribution >= 4 is 5.91 Å². The lowest BCUT2D eigenvalue weighted by Gasteiger charge is -2.31. The van der Waals surface area contributed by atoms with Crippen molar-refractivity contribution in [3.63, 3.8) is 0 Å². The van der Waals surface area contributed by atoms with E-state index in [2.05, 4.69) is 29.4 Å². The highest BCUT2D eigenvalue weighted by Gasteiger charge is 2.19. The Morgan fingerprint density at radius 1 is 1.50 bits per heavy atom. The number of likely N-dealkylation sites (tertiary alicyclic amines) is 1. The molecule has 1 aliphatic rings. The quantitative estimate of drug-likeness (QED) is 0.716. The molecule has 0 radical (unpaired) electrons. The first-order chi connectivity index (χ1) is 7.61. The second kappa shape index (κ2) is 6.86. The smallest absolute Gasteiger partial charge is 0.234 e. The van der Waals surface area contributed by atoms with Crippen LogP contribution < -0.4 is 10.6 Å². The summed E-state index contributed by atoms with van der Waals surface area (Å²) in [5.41, 5.74) is 0. The van der Waals surface area contributed by atoms with Crippen LogP contribution >= 0.6 is 0 Å². The lowest BCUT2D eigenvalue weighted by molar-refractivity contribution is -0.122. The molecule has 1 fully saturated rings. The molecule has 0 bridgehead atoms. The summed E-state index contributed by atoms with van der Waals surface area (Å²) >= 11 is 0. The lowest BCUT2D eigenvalue weighted by atomic mass is 10.1. The Bertz CT molecular complexity index is 218. The highest BCUT2D eigenvalue weighted by molar-refractivity contribution is 5.78. The molecule has 4 nitrogen and oxygen atoms in total. The van der Waals surface area contributed by atoms with Crippen molar-refractivity contribution in [2.45, 2.75) is 32.7 Å². The minimum atomic E-state index is 0.158. The van der Waals surface area contributed by atoms with Gasteiger partial charge in [0, 0.05) is 19.1 Å². The largest absolute Gasteiger partial charge is 0.355 e. The number of nitrogens with one attached hydrogen (secondary N) is 2. The van der Waals surface area contributed by atoms with E-state index in [9.17, 15) is 4.79 Å². The molecule has 0 aromatic heterocycles. The van der Waals surface area contributed by atoms with Gasteiger partial charge in [-0.2, -0.15) is 0 Å². The molecule has 1 aliphatic heterocycles. The summed E-state index contributed by atoms with van der Waals surface area (Å²) in [6.07, 6.45) is 2.41. The molecule has 16 heavy (non-hydrogen) atoms. The van der Waals surface area contributed by atoms with Gasteiger partial charge in [0.15, 0.2) is 0 Å². The van der Waals surface area contributed by atoms with Crippen LogP contribution in [0, 0.1) is 5.92 Å². The van der Waals surface area contributed by atoms with Crippen molar-refractivity contribution in [3.8, 4) is 0 Å². The van der Waals surface area contributed by atoms with Crippen LogP contribution in [0.5, 0.6) is 0 Å². The first-order valence-corrected chi connectivity index (χ1v) is 6.28. The standard InChI is InChI=1S/C12H25N3O/c1-10(2)7-14-12(16)9-15-6-4-5-11(8-15)13-3/h10-11,13H,4-9H2,1-3H3,(H,14,16). The first kappa shape index (κ1) is 13.5. The Hall–Kier alpha value is -0.610. The van der Waals surface area contributed by atoms with Gasteiger partial charge in [0.25, 0.3) is 0 Å². The van der Waals surface area contributed by atoms with E-state index in [1.165, 1.54) is 12.8 Å². The van der Waals surface area contributed by atoms with Crippen molar-refractivity contribution in [2.24, 2.45) is 5.92 Å². The van der Waals surface area contributed by atoms with Gasteiger partial charge in [-0.05, 0) is 32.4 Å². The van der Waals surface area contributed by atoms with Crippen molar-refractivity contribution in [1.82, 2.24) is 15.5 Å². The first-order valence-electron chi connectivity index (χ1n) is 6.28. The average molecular weight is 227 g/mol. The zero-order valence-corrected chi connectivity index (χ0v) is 10.8. The number of hydrogen-bond donors (Lipinski definition) is 2. The molecule has 1 amide bonds. The van der Waals surface area contributed by atoms with E-state index >= 15 is 0 Å². The maximum Gasteiger partial charge on any atom is 0.234 e. The maximum atomic E-state index is 11.6. The van der Waals surface area contributed by atoms with Crippen molar-refractivity contribution < 1.29 is 4.79 Å². The van der Waals surface area contributed by atoms with E-state index in [1.54, 1.807) is 0 Å². The number of hydrogen-bond acceptors (Lipinski definition) is 3. The number of carbonyl (C=O) groups is 1. The van der Waals surface area contributed by atoms with Gasteiger partial charge in [0.05, 0.1) is 6.54 Å². The van der Waals surface area contributed by atoms with Crippen LogP contribution in [0.2, 0.25) is 0 Å². The molecular formula is C12H25N3O. The molecular weight excluding hydrogens is 202 g/mol. The van der Waals surface area contributed by atoms with Gasteiger partial charge in [-0.3, -0.25) is 9.69 Å². The fourth-order valence-corrected chi connectivity index (χ4v) is 2.01. The lowest BCUT2D eigenvalue weighted by Crippen LogP contribution is -2.48. The fourth-order valence-electron chi connectivity index (χ4n) is 2.01. The minimum absolute atomic E-state index is 0.158. The predicted molar refractivity (Wildman–Crippen MR) is 66.4 cm³/mol. The Morgan fingerprint density at radius 3 is 2.88 bits per heavy atom. The summed E-state index contributed by atoms with van der Waals surface area (Å²) in [6.45, 7) is 7.59. The Balaban J connectivity index is 2.22. The number of likely N-dealkylation sites (N-methyl/N-ethyl adjacent to an activating group) is 1. The van der Waals surface area contributed by atoms with Crippen LogP contribution in [0.4, 0.5) is 0 Å². The molecule has 0 spiro atoms. The second-order valence-corrected chi connectivity index (χ2v) is 5.06. The summed E-state index contributed by atoms with van der Waals surface area (Å²) in [7, 11) is 1.99. The van der Waals surface area contributed by atoms with Crippen LogP contribution in [0.15, 0.2) is 0 Å². The molecule has 0 aromatic rings. The molecule has 1 heterocycles. The van der Waals surface area contributed by atoms with Crippen LogP contribution in [-0.4, -0.2) is 50.1 Å². The molecule has 1 rings (SSSR count). The predicted octanol–water partition coefficient (Wildman–Crippen LogP) is 0.442. The maximum absolute atomic E-state index is 11.6. The Morgan fingerprint density at radius 2 is 2.25 bits per heavy atom. The SMILES string of the molecule is CNC1CCCN(CC(=O)NCC(C)C)C1. The number of nitrogens with zero attached hydrogens (tertiary/aromatic N) is 1. The zero-order chi connectivity index (χ0) is 12.0. The molecule has 2 N–H and O–H groups in total. The van der Waals surface area contributed by atoms with Crippen LogP contribution in [0.25, 0.3) is 0 Å². The van der Waals surface area contributed by atoms with Gasteiger partial charge in [-0.1, -0.05) is 13.8 Å². The normalized spacial score (nSPS) is 22.4. The van der Waals surface area contributed by atoms with Gasteiger partial charge in [0.2, 0.25) is 5.91 Å². The molecule has 4 heteroatoms. The third kappa shape index (κ3) is 4.94. The summed E-state index contributed by atoms with van der Waals surface area (Å²) < 4.78 is 0. The molecule has 1 saturated heterocycles. The van der Waals surface area contributed by atoms with Gasteiger partial charge in [0.1, 0.15) is 0 Å². The van der Waals surface area contributed by atoms with E-state index in [0.29, 0.717) is 18.5 Å². The van der Waals surface area contributed by atoms with Gasteiger partial charge >= 0.3 is 0 Å². The van der Waals surface area contributed by atoms with E-state index in [0.717, 1.165) is 19.6 Å². The van der Waals surface area contributed by atoms with Crippen molar-refractivity contribution in [1.29, 1.82) is 0 Å². The van der Waals surface area contributed by atoms with Crippen LogP contribution in [0.3, 0.4) is 0 Å². The highest BCUT2D eigenvalue weighted by atomic mass is 16.2. The molecule has 94 valence electrons. The number of piperidine rings is 1. The molecule has 0 aliphatic carbocycles. The van der Waals surface area contributed by atoms with Gasteiger partial charge in [-0.25, -0.2) is 0 Å². The zero-order valence-electron chi connectivity index (χ0n) is 10.8. The Labute approximate surface area is 98.8 Å². The van der Waals surface area contributed by atoms with E-state index in [-0.39, 0.29) is 5.91 Å². The molecule has 1 unspecified atom stereocenters. The summed E-state index contributed by atoms with van der Waals surface area (Å²) in [4.78, 5) is 13.9. The van der Waals surface area contributed by atoms with Gasteiger partial charge < -0.3 is 10.6 Å². The molecule has 0 aromatic carbocycles. The van der Waals surface area contributed by atoms with Crippen LogP contribution in [-0.2, 0) is 4.79 Å². The third-order valence-corrected chi connectivity index (χ3v) is 2.99. The van der Waals surface area contributed by atoms with E-state index < -0.39 is 0 Å². The monoisotopic (exact) mass is 227 g/mol. The van der Waals surface area contributed by atoms with Crippen molar-refractivity contribution in [2.75, 3.05) is 33.2 Å². The number of amides is 1. The van der Waals surface area contributed by atoms with Gasteiger partial charge in [-0.15, -0.1) is 0 Å². The summed E-state index contributed by atoms with van der Waals surface area (Å²) in [5.74, 6) is 0.681. The highest BCUT2D eigenvalue weighted by Crippen LogP contribution is 2.08. The topological polar surface area (TPSA) is 44.4 Å². The fraction of sp³-hybridized carbons (Fsp3) is 0.917. The molecule has 0 saturated carbocycles. The van der Waals surface area contributed by atoms with Crippen molar-refractivity contribution in [3.05, 3.63) is 0 Å². The van der Waals surface area contributed by atoms with E-state index in [1.807, 2.05) is 7.05 Å². The van der Waals surface area contributed by atoms with Crippen LogP contribution in [0.1, 0.15) is 26.7 Å². The summed E-state index contributed by atoms with van der Waals surface area (Å²) in [5, 5.41) is 6.25. The second-order valence-electron chi connectivity index (χ2n) is 5.06. The Kier molecular flexibility index (Phi) is 5.77. The average Bonchev–Trinajstić information content (AvgIpc) is 2.26. The molecule has 1 atom stereocenters.